The topological polar surface area (TPSA) is 12.4 Å². The van der Waals surface area contributed by atoms with E-state index in [9.17, 15) is 0 Å². The first kappa shape index (κ1) is 21.4. The Morgan fingerprint density at radius 2 is 1.71 bits per heavy atom. The normalized spacial score (nSPS) is 17.7. The second-order valence-corrected chi connectivity index (χ2v) is 10.6. The molecule has 1 aliphatic carbocycles. The SMILES string of the molecule is CC1=C2C3=CN=CC3=C1[Si]2(C)C.[Cl-].[Cl-].[Zr+3].c1ccc2[cH-]ccc2c1. The summed E-state index contributed by atoms with van der Waals surface area (Å²) in [5, 5.41) is 5.98. The largest absolute Gasteiger partial charge is 3.00 e. The number of hydrogen-bond donors (Lipinski definition) is 0. The zero-order valence-electron chi connectivity index (χ0n) is 13.9. The molecule has 0 N–H and O–H groups in total. The minimum atomic E-state index is -1.11. The third kappa shape index (κ3) is 3.01. The molecule has 0 amide bonds. The minimum Gasteiger partial charge on any atom is -1.00 e. The van der Waals surface area contributed by atoms with E-state index in [1.807, 2.05) is 12.4 Å². The van der Waals surface area contributed by atoms with Gasteiger partial charge in [0.2, 0.25) is 0 Å². The Morgan fingerprint density at radius 3 is 2.33 bits per heavy atom. The van der Waals surface area contributed by atoms with Crippen molar-refractivity contribution in [2.75, 3.05) is 0 Å². The molecule has 24 heavy (non-hydrogen) atoms. The van der Waals surface area contributed by atoms with Crippen LogP contribution in [0.4, 0.5) is 0 Å². The summed E-state index contributed by atoms with van der Waals surface area (Å²) in [7, 11) is -1.11. The second kappa shape index (κ2) is 7.74. The van der Waals surface area contributed by atoms with Gasteiger partial charge in [-0.25, -0.2) is 0 Å². The van der Waals surface area contributed by atoms with Crippen molar-refractivity contribution in [3.8, 4) is 0 Å². The van der Waals surface area contributed by atoms with Crippen molar-refractivity contribution < 1.29 is 51.0 Å². The van der Waals surface area contributed by atoms with E-state index in [0.29, 0.717) is 0 Å². The van der Waals surface area contributed by atoms with Crippen LogP contribution in [0.3, 0.4) is 0 Å². The van der Waals surface area contributed by atoms with Crippen LogP contribution in [-0.4, -0.2) is 14.3 Å². The predicted molar refractivity (Wildman–Crippen MR) is 93.3 cm³/mol. The number of benzene rings is 1. The van der Waals surface area contributed by atoms with Crippen LogP contribution in [0.15, 0.2) is 80.8 Å². The number of rotatable bonds is 0. The summed E-state index contributed by atoms with van der Waals surface area (Å²) in [5.74, 6) is 0. The van der Waals surface area contributed by atoms with Crippen molar-refractivity contribution in [2.24, 2.45) is 4.99 Å². The summed E-state index contributed by atoms with van der Waals surface area (Å²) in [6.45, 7) is 7.12. The van der Waals surface area contributed by atoms with Crippen molar-refractivity contribution in [3.63, 3.8) is 0 Å². The zero-order chi connectivity index (χ0) is 14.6. The molecular weight excluding hydrogens is 432 g/mol. The summed E-state index contributed by atoms with van der Waals surface area (Å²) < 4.78 is 0. The quantitative estimate of drug-likeness (QED) is 0.359. The first-order chi connectivity index (χ1) is 10.1. The number of halogens is 2. The van der Waals surface area contributed by atoms with Gasteiger partial charge in [0, 0.05) is 23.6 Å². The maximum Gasteiger partial charge on any atom is 3.00 e. The van der Waals surface area contributed by atoms with Gasteiger partial charge in [0.15, 0.2) is 0 Å². The van der Waals surface area contributed by atoms with Gasteiger partial charge in [-0.2, -0.15) is 17.5 Å². The average molecular weight is 451 g/mol. The summed E-state index contributed by atoms with van der Waals surface area (Å²) in [5.41, 5.74) is 4.44. The second-order valence-electron chi connectivity index (χ2n) is 6.39. The molecule has 121 valence electrons. The molecule has 3 aliphatic heterocycles. The molecule has 2 bridgehead atoms. The van der Waals surface area contributed by atoms with Crippen LogP contribution in [0.2, 0.25) is 13.1 Å². The van der Waals surface area contributed by atoms with Gasteiger partial charge in [0.1, 0.15) is 8.07 Å². The van der Waals surface area contributed by atoms with Crippen LogP contribution in [0.1, 0.15) is 6.92 Å². The molecule has 0 unspecified atom stereocenters. The summed E-state index contributed by atoms with van der Waals surface area (Å²) in [4.78, 5) is 4.19. The smallest absolute Gasteiger partial charge is 1.00 e. The van der Waals surface area contributed by atoms with Gasteiger partial charge in [-0.1, -0.05) is 24.7 Å². The fourth-order valence-corrected chi connectivity index (χ4v) is 7.93. The maximum absolute atomic E-state index is 4.19. The molecule has 2 aromatic rings. The third-order valence-corrected chi connectivity index (χ3v) is 8.57. The number of nitrogens with zero attached hydrogens (tertiary/aromatic N) is 1. The summed E-state index contributed by atoms with van der Waals surface area (Å²) in [6, 6.07) is 14.7. The molecule has 2 aromatic carbocycles. The van der Waals surface area contributed by atoms with Gasteiger partial charge >= 0.3 is 26.2 Å². The van der Waals surface area contributed by atoms with Crippen LogP contribution >= 0.6 is 0 Å². The first-order valence-corrected chi connectivity index (χ1v) is 10.4. The minimum absolute atomic E-state index is 0. The van der Waals surface area contributed by atoms with Gasteiger partial charge in [0.05, 0.1) is 0 Å². The maximum atomic E-state index is 4.19. The van der Waals surface area contributed by atoms with E-state index in [0.717, 1.165) is 0 Å². The van der Waals surface area contributed by atoms with E-state index < -0.39 is 8.07 Å². The van der Waals surface area contributed by atoms with Crippen molar-refractivity contribution in [3.05, 3.63) is 75.8 Å². The van der Waals surface area contributed by atoms with E-state index in [1.165, 1.54) is 21.9 Å². The van der Waals surface area contributed by atoms with Gasteiger partial charge in [-0.15, -0.1) is 29.7 Å². The van der Waals surface area contributed by atoms with E-state index >= 15 is 0 Å². The molecule has 0 fully saturated rings. The molecule has 0 saturated carbocycles. The Bertz CT molecular complexity index is 857. The molecule has 0 spiro atoms. The summed E-state index contributed by atoms with van der Waals surface area (Å²) in [6.07, 6.45) is 4.06. The van der Waals surface area contributed by atoms with Crippen LogP contribution in [-0.2, 0) is 26.2 Å². The molecule has 0 aromatic heterocycles. The molecule has 4 aliphatic rings. The number of allylic oxidation sites excluding steroid dienone is 5. The van der Waals surface area contributed by atoms with Crippen molar-refractivity contribution in [2.45, 2.75) is 20.0 Å². The number of hydrogen-bond acceptors (Lipinski definition) is 1. The van der Waals surface area contributed by atoms with E-state index in [1.54, 1.807) is 16.0 Å². The zero-order valence-corrected chi connectivity index (χ0v) is 18.9. The van der Waals surface area contributed by atoms with Gasteiger partial charge in [-0.05, 0) is 17.3 Å². The van der Waals surface area contributed by atoms with Crippen LogP contribution in [0.25, 0.3) is 10.8 Å². The molecule has 1 radical (unpaired) electrons. The Kier molecular flexibility index (Phi) is 6.92. The van der Waals surface area contributed by atoms with Gasteiger partial charge in [-0.3, -0.25) is 4.99 Å². The fourth-order valence-electron chi connectivity index (χ4n) is 4.00. The molecular formula is C19H18Cl2NSiZr. The van der Waals surface area contributed by atoms with Crippen molar-refractivity contribution >= 4 is 25.1 Å². The Hall–Kier alpha value is -0.600. The Labute approximate surface area is 176 Å². The molecule has 5 heteroatoms. The molecule has 1 nitrogen and oxygen atoms in total. The summed E-state index contributed by atoms with van der Waals surface area (Å²) >= 11 is 0. The van der Waals surface area contributed by atoms with E-state index in [2.05, 4.69) is 67.5 Å². The van der Waals surface area contributed by atoms with E-state index in [4.69, 9.17) is 0 Å². The molecule has 6 rings (SSSR count). The fraction of sp³-hybridized carbons (Fsp3) is 0.158. The van der Waals surface area contributed by atoms with Crippen LogP contribution in [0.5, 0.6) is 0 Å². The van der Waals surface area contributed by atoms with Crippen molar-refractivity contribution in [1.82, 2.24) is 0 Å². The first-order valence-electron chi connectivity index (χ1n) is 7.42. The van der Waals surface area contributed by atoms with Crippen LogP contribution in [0, 0.1) is 0 Å². The number of aliphatic imine (C=N–C) groups is 1. The van der Waals surface area contributed by atoms with Crippen molar-refractivity contribution in [1.29, 1.82) is 0 Å². The molecule has 0 atom stereocenters. The van der Waals surface area contributed by atoms with E-state index in [-0.39, 0.29) is 51.0 Å². The Morgan fingerprint density at radius 1 is 1.00 bits per heavy atom. The van der Waals surface area contributed by atoms with Gasteiger partial charge in [0.25, 0.3) is 0 Å². The third-order valence-electron chi connectivity index (χ3n) is 4.78. The average Bonchev–Trinajstić information content (AvgIpc) is 3.14. The monoisotopic (exact) mass is 448 g/mol. The Balaban J connectivity index is 0.000000220. The molecule has 0 saturated heterocycles. The predicted octanol–water partition coefficient (Wildman–Crippen LogP) is -1.05. The van der Waals surface area contributed by atoms with Crippen LogP contribution < -0.4 is 24.8 Å². The standard InChI is InChI=1S/C10H11NSi.C9H7.2ClH.Zr/c1-6-9-7-4-11-5-8(7)10(6)12(9,2)3;1-2-5-9-7-3-6-8(9)4-1;;;/h4-5H,1-3H3;1-7H;2*1H;/q;-1;;;+3/p-2. The number of fused-ring (bicyclic) bond motifs is 1. The molecule has 3 heterocycles. The van der Waals surface area contributed by atoms with Gasteiger partial charge < -0.3 is 24.8 Å².